The molecule has 0 unspecified atom stereocenters. The number of rotatable bonds is 4. The van der Waals surface area contributed by atoms with E-state index in [2.05, 4.69) is 5.10 Å². The van der Waals surface area contributed by atoms with Crippen molar-refractivity contribution in [2.75, 3.05) is 14.1 Å². The molecular formula is C9H12N4O3. The van der Waals surface area contributed by atoms with Crippen LogP contribution >= 0.6 is 0 Å². The monoisotopic (exact) mass is 224 g/mol. The predicted molar refractivity (Wildman–Crippen MR) is 57.5 cm³/mol. The highest BCUT2D eigenvalue weighted by molar-refractivity contribution is 6.13. The summed E-state index contributed by atoms with van der Waals surface area (Å²) in [5.74, 6) is -0.216. The molecule has 1 aromatic heterocycles. The lowest BCUT2D eigenvalue weighted by atomic mass is 10.3. The summed E-state index contributed by atoms with van der Waals surface area (Å²) in [6.07, 6.45) is 3.86. The Balaban J connectivity index is 3.12. The molecule has 0 aliphatic rings. The second-order valence-electron chi connectivity index (χ2n) is 3.43. The molecule has 0 N–H and O–H groups in total. The van der Waals surface area contributed by atoms with E-state index in [1.54, 1.807) is 25.2 Å². The number of allylic oxidation sites excluding steroid dienone is 1. The number of Topliss-reactive ketones (excluding diaryl/α,β-unsaturated/α-hetero) is 1. The fraction of sp³-hybridized carbons (Fsp3) is 0.333. The maximum Gasteiger partial charge on any atom is 0.307 e. The molecule has 0 amide bonds. The summed E-state index contributed by atoms with van der Waals surface area (Å²) in [5.41, 5.74) is 0.129. The van der Waals surface area contributed by atoms with Gasteiger partial charge in [0.2, 0.25) is 0 Å². The van der Waals surface area contributed by atoms with Crippen LogP contribution < -0.4 is 0 Å². The first kappa shape index (κ1) is 11.9. The number of hydrogen-bond donors (Lipinski definition) is 0. The Labute approximate surface area is 92.1 Å². The highest BCUT2D eigenvalue weighted by Crippen LogP contribution is 2.13. The van der Waals surface area contributed by atoms with Crippen LogP contribution in [0.4, 0.5) is 5.69 Å². The van der Waals surface area contributed by atoms with Gasteiger partial charge in [0.05, 0.1) is 4.92 Å². The smallest absolute Gasteiger partial charge is 0.307 e. The zero-order valence-electron chi connectivity index (χ0n) is 9.25. The van der Waals surface area contributed by atoms with Gasteiger partial charge in [-0.05, 0) is 0 Å². The fourth-order valence-corrected chi connectivity index (χ4v) is 1.10. The summed E-state index contributed by atoms with van der Waals surface area (Å²) in [7, 11) is 3.50. The molecule has 0 aromatic carbocycles. The van der Waals surface area contributed by atoms with E-state index in [4.69, 9.17) is 0 Å². The van der Waals surface area contributed by atoms with Gasteiger partial charge in [0.25, 0.3) is 0 Å². The van der Waals surface area contributed by atoms with Crippen LogP contribution in [-0.4, -0.2) is 39.5 Å². The molecule has 0 saturated heterocycles. The molecule has 7 heteroatoms. The van der Waals surface area contributed by atoms with Gasteiger partial charge in [-0.15, -0.1) is 0 Å². The zero-order chi connectivity index (χ0) is 12.3. The van der Waals surface area contributed by atoms with Gasteiger partial charge in [-0.2, -0.15) is 5.10 Å². The molecule has 16 heavy (non-hydrogen) atoms. The average Bonchev–Trinajstić information content (AvgIpc) is 2.61. The molecule has 7 nitrogen and oxygen atoms in total. The molecule has 0 saturated carbocycles. The second kappa shape index (κ2) is 4.56. The summed E-state index contributed by atoms with van der Waals surface area (Å²) in [4.78, 5) is 22.9. The Kier molecular flexibility index (Phi) is 3.39. The molecule has 1 rings (SSSR count). The van der Waals surface area contributed by atoms with Crippen LogP contribution in [-0.2, 0) is 4.79 Å². The lowest BCUT2D eigenvalue weighted by Crippen LogP contribution is -2.11. The van der Waals surface area contributed by atoms with Crippen LogP contribution in [0.5, 0.6) is 0 Å². The maximum absolute atomic E-state index is 11.3. The Morgan fingerprint density at radius 3 is 2.62 bits per heavy atom. The van der Waals surface area contributed by atoms with Gasteiger partial charge < -0.3 is 4.90 Å². The van der Waals surface area contributed by atoms with Crippen molar-refractivity contribution >= 4 is 17.2 Å². The Bertz CT molecular complexity index is 447. The minimum atomic E-state index is -0.559. The highest BCUT2D eigenvalue weighted by atomic mass is 16.6. The summed E-state index contributed by atoms with van der Waals surface area (Å²) < 4.78 is 1.19. The van der Waals surface area contributed by atoms with Crippen LogP contribution in [0, 0.1) is 10.1 Å². The van der Waals surface area contributed by atoms with E-state index in [0.717, 1.165) is 6.20 Å². The van der Waals surface area contributed by atoms with E-state index in [1.165, 1.54) is 17.8 Å². The number of aromatic nitrogens is 2. The van der Waals surface area contributed by atoms with E-state index in [1.807, 2.05) is 0 Å². The number of nitrogens with zero attached hydrogens (tertiary/aromatic N) is 4. The summed E-state index contributed by atoms with van der Waals surface area (Å²) in [6, 6.07) is 0. The molecular weight excluding hydrogens is 212 g/mol. The van der Waals surface area contributed by atoms with Gasteiger partial charge >= 0.3 is 5.69 Å². The molecule has 0 aliphatic carbocycles. The van der Waals surface area contributed by atoms with E-state index in [9.17, 15) is 14.9 Å². The van der Waals surface area contributed by atoms with E-state index >= 15 is 0 Å². The number of carbonyl (C=O) groups excluding carboxylic acids is 1. The molecule has 1 heterocycles. The average molecular weight is 224 g/mol. The Morgan fingerprint density at radius 2 is 2.25 bits per heavy atom. The van der Waals surface area contributed by atoms with Crippen LogP contribution in [0.15, 0.2) is 18.6 Å². The normalized spacial score (nSPS) is 11.3. The maximum atomic E-state index is 11.3. The standard InChI is InChI=1S/C9H12N4O3/c1-7(14)9(6-11(2)3)12-5-8(4-10-12)13(15)16/h4-6H,1-3H3/b9-6-. The van der Waals surface area contributed by atoms with Crippen molar-refractivity contribution in [3.8, 4) is 0 Å². The van der Waals surface area contributed by atoms with Gasteiger partial charge in [0.1, 0.15) is 18.1 Å². The first-order valence-electron chi connectivity index (χ1n) is 4.50. The van der Waals surface area contributed by atoms with Crippen molar-refractivity contribution in [1.82, 2.24) is 14.7 Å². The van der Waals surface area contributed by atoms with Gasteiger partial charge in [-0.1, -0.05) is 0 Å². The number of nitro groups is 1. The van der Waals surface area contributed by atoms with Gasteiger partial charge in [0, 0.05) is 27.2 Å². The third-order valence-electron chi connectivity index (χ3n) is 1.77. The number of ketones is 1. The first-order valence-corrected chi connectivity index (χ1v) is 4.50. The van der Waals surface area contributed by atoms with E-state index in [0.29, 0.717) is 0 Å². The quantitative estimate of drug-likeness (QED) is 0.428. The van der Waals surface area contributed by atoms with Crippen molar-refractivity contribution in [3.63, 3.8) is 0 Å². The van der Waals surface area contributed by atoms with Crippen LogP contribution in [0.3, 0.4) is 0 Å². The fourth-order valence-electron chi connectivity index (χ4n) is 1.10. The minimum Gasteiger partial charge on any atom is -0.382 e. The van der Waals surface area contributed by atoms with Crippen molar-refractivity contribution in [1.29, 1.82) is 0 Å². The van der Waals surface area contributed by atoms with E-state index < -0.39 is 4.92 Å². The van der Waals surface area contributed by atoms with Crippen molar-refractivity contribution in [3.05, 3.63) is 28.7 Å². The largest absolute Gasteiger partial charge is 0.382 e. The molecule has 0 aliphatic heterocycles. The first-order chi connectivity index (χ1) is 7.41. The molecule has 0 spiro atoms. The zero-order valence-corrected chi connectivity index (χ0v) is 9.25. The SMILES string of the molecule is CC(=O)/C(=C/N(C)C)n1cc([N+](=O)[O-])cn1. The Hall–Kier alpha value is -2.18. The number of carbonyl (C=O) groups is 1. The predicted octanol–water partition coefficient (Wildman–Crippen LogP) is 0.740. The third kappa shape index (κ3) is 2.66. The van der Waals surface area contributed by atoms with Gasteiger partial charge in [-0.25, -0.2) is 4.68 Å². The molecule has 0 fully saturated rings. The van der Waals surface area contributed by atoms with Gasteiger partial charge in [0.15, 0.2) is 5.78 Å². The summed E-state index contributed by atoms with van der Waals surface area (Å²) in [6.45, 7) is 1.38. The van der Waals surface area contributed by atoms with Crippen molar-refractivity contribution in [2.24, 2.45) is 0 Å². The minimum absolute atomic E-state index is 0.147. The summed E-state index contributed by atoms with van der Waals surface area (Å²) >= 11 is 0. The van der Waals surface area contributed by atoms with Crippen LogP contribution in [0.1, 0.15) is 6.92 Å². The summed E-state index contributed by atoms with van der Waals surface area (Å²) in [5, 5.41) is 14.2. The lowest BCUT2D eigenvalue weighted by molar-refractivity contribution is -0.384. The second-order valence-corrected chi connectivity index (χ2v) is 3.43. The molecule has 86 valence electrons. The van der Waals surface area contributed by atoms with E-state index in [-0.39, 0.29) is 17.2 Å². The topological polar surface area (TPSA) is 81.3 Å². The van der Waals surface area contributed by atoms with Crippen LogP contribution in [0.25, 0.3) is 5.70 Å². The van der Waals surface area contributed by atoms with Crippen molar-refractivity contribution in [2.45, 2.75) is 6.92 Å². The highest BCUT2D eigenvalue weighted by Gasteiger charge is 2.14. The molecule has 0 bridgehead atoms. The van der Waals surface area contributed by atoms with Gasteiger partial charge in [-0.3, -0.25) is 14.9 Å². The van der Waals surface area contributed by atoms with Crippen LogP contribution in [0.2, 0.25) is 0 Å². The molecule has 0 radical (unpaired) electrons. The lowest BCUT2D eigenvalue weighted by Gasteiger charge is -2.08. The Morgan fingerprint density at radius 1 is 1.62 bits per heavy atom. The van der Waals surface area contributed by atoms with Crippen molar-refractivity contribution < 1.29 is 9.72 Å². The third-order valence-corrected chi connectivity index (χ3v) is 1.77. The molecule has 1 aromatic rings. The molecule has 0 atom stereocenters. The number of hydrogen-bond acceptors (Lipinski definition) is 5.